The van der Waals surface area contributed by atoms with Crippen molar-refractivity contribution in [3.63, 3.8) is 0 Å². The molecule has 1 heterocycles. The zero-order valence-corrected chi connectivity index (χ0v) is 14.8. The third kappa shape index (κ3) is 4.78. The molecule has 1 aliphatic heterocycles. The third-order valence-corrected chi connectivity index (χ3v) is 4.53. The molecule has 0 unspecified atom stereocenters. The first-order valence-corrected chi connectivity index (χ1v) is 8.62. The number of nitrogens with zero attached hydrogens (tertiary/aromatic N) is 2. The van der Waals surface area contributed by atoms with Crippen molar-refractivity contribution < 1.29 is 26.7 Å². The van der Waals surface area contributed by atoms with Crippen LogP contribution in [0.25, 0.3) is 0 Å². The van der Waals surface area contributed by atoms with Crippen molar-refractivity contribution in [1.29, 1.82) is 0 Å². The predicted octanol–water partition coefficient (Wildman–Crippen LogP) is 4.33. The summed E-state index contributed by atoms with van der Waals surface area (Å²) in [5, 5.41) is 2.46. The summed E-state index contributed by atoms with van der Waals surface area (Å²) in [6.45, 7) is 1.73. The Bertz CT molecular complexity index is 848. The van der Waals surface area contributed by atoms with E-state index in [1.807, 2.05) is 4.90 Å². The summed E-state index contributed by atoms with van der Waals surface area (Å²) < 4.78 is 65.3. The number of hydrogen-bond acceptors (Lipinski definition) is 2. The summed E-state index contributed by atoms with van der Waals surface area (Å²) in [7, 11) is 0. The first kappa shape index (κ1) is 20.1. The number of halogens is 5. The molecule has 0 atom stereocenters. The average Bonchev–Trinajstić information content (AvgIpc) is 2.65. The molecular weight excluding hydrogens is 381 g/mol. The van der Waals surface area contributed by atoms with Crippen LogP contribution in [0.4, 0.5) is 32.4 Å². The van der Waals surface area contributed by atoms with Crippen LogP contribution >= 0.6 is 0 Å². The van der Waals surface area contributed by atoms with Crippen LogP contribution in [0.2, 0.25) is 0 Å². The van der Waals surface area contributed by atoms with Crippen LogP contribution in [0.5, 0.6) is 0 Å². The van der Waals surface area contributed by atoms with Gasteiger partial charge in [-0.25, -0.2) is 13.6 Å². The van der Waals surface area contributed by atoms with Gasteiger partial charge in [-0.1, -0.05) is 18.2 Å². The highest BCUT2D eigenvalue weighted by Crippen LogP contribution is 2.30. The maximum absolute atomic E-state index is 13.8. The predicted molar refractivity (Wildman–Crippen MR) is 93.7 cm³/mol. The van der Waals surface area contributed by atoms with E-state index < -0.39 is 29.4 Å². The zero-order chi connectivity index (χ0) is 20.3. The summed E-state index contributed by atoms with van der Waals surface area (Å²) in [5.74, 6) is -1.79. The van der Waals surface area contributed by atoms with Gasteiger partial charge in [0.1, 0.15) is 0 Å². The first-order valence-electron chi connectivity index (χ1n) is 8.62. The lowest BCUT2D eigenvalue weighted by Gasteiger charge is -2.34. The van der Waals surface area contributed by atoms with E-state index in [0.717, 1.165) is 18.2 Å². The number of rotatable bonds is 3. The van der Waals surface area contributed by atoms with Crippen LogP contribution in [-0.2, 0) is 12.7 Å². The molecule has 2 amide bonds. The van der Waals surface area contributed by atoms with Gasteiger partial charge >= 0.3 is 12.2 Å². The zero-order valence-electron chi connectivity index (χ0n) is 14.8. The highest BCUT2D eigenvalue weighted by molar-refractivity contribution is 5.89. The lowest BCUT2D eigenvalue weighted by atomic mass is 10.1. The van der Waals surface area contributed by atoms with E-state index in [9.17, 15) is 26.7 Å². The van der Waals surface area contributed by atoms with Gasteiger partial charge in [0.25, 0.3) is 0 Å². The van der Waals surface area contributed by atoms with Crippen molar-refractivity contribution in [2.45, 2.75) is 12.7 Å². The summed E-state index contributed by atoms with van der Waals surface area (Å²) in [6, 6.07) is 7.91. The number of piperazine rings is 1. The highest BCUT2D eigenvalue weighted by atomic mass is 19.4. The Labute approximate surface area is 158 Å². The van der Waals surface area contributed by atoms with E-state index in [2.05, 4.69) is 5.32 Å². The van der Waals surface area contributed by atoms with Crippen LogP contribution < -0.4 is 5.32 Å². The van der Waals surface area contributed by atoms with Gasteiger partial charge in [0.2, 0.25) is 0 Å². The van der Waals surface area contributed by atoms with Crippen LogP contribution in [0.3, 0.4) is 0 Å². The number of alkyl halides is 3. The van der Waals surface area contributed by atoms with Gasteiger partial charge in [-0.2, -0.15) is 13.2 Å². The maximum Gasteiger partial charge on any atom is 0.416 e. The minimum absolute atomic E-state index is 0.0593. The van der Waals surface area contributed by atoms with Crippen LogP contribution in [-0.4, -0.2) is 42.0 Å². The molecule has 4 nitrogen and oxygen atoms in total. The smallest absolute Gasteiger partial charge is 0.322 e. The number of urea groups is 1. The Morgan fingerprint density at radius 3 is 2.36 bits per heavy atom. The molecule has 3 rings (SSSR count). The second-order valence-electron chi connectivity index (χ2n) is 6.48. The number of nitrogens with one attached hydrogen (secondary N) is 1. The lowest BCUT2D eigenvalue weighted by Crippen LogP contribution is -2.49. The maximum atomic E-state index is 13.8. The Morgan fingerprint density at radius 2 is 1.68 bits per heavy atom. The van der Waals surface area contributed by atoms with Crippen LogP contribution in [0.15, 0.2) is 42.5 Å². The minimum atomic E-state index is -4.49. The monoisotopic (exact) mass is 399 g/mol. The molecule has 150 valence electrons. The molecule has 1 aliphatic rings. The Hall–Kier alpha value is -2.68. The summed E-state index contributed by atoms with van der Waals surface area (Å²) in [6.07, 6.45) is -4.49. The number of benzene rings is 2. The second-order valence-corrected chi connectivity index (χ2v) is 6.48. The van der Waals surface area contributed by atoms with Crippen LogP contribution in [0, 0.1) is 11.6 Å². The van der Waals surface area contributed by atoms with E-state index in [0.29, 0.717) is 26.2 Å². The third-order valence-electron chi connectivity index (χ3n) is 4.53. The van der Waals surface area contributed by atoms with Gasteiger partial charge < -0.3 is 10.2 Å². The molecule has 0 spiro atoms. The largest absolute Gasteiger partial charge is 0.416 e. The molecule has 1 fully saturated rings. The highest BCUT2D eigenvalue weighted by Gasteiger charge is 2.30. The molecule has 0 saturated carbocycles. The van der Waals surface area contributed by atoms with Crippen molar-refractivity contribution in [3.05, 3.63) is 65.2 Å². The molecular formula is C19H18F5N3O. The van der Waals surface area contributed by atoms with Crippen molar-refractivity contribution in [2.75, 3.05) is 31.5 Å². The van der Waals surface area contributed by atoms with Gasteiger partial charge in [-0.3, -0.25) is 4.90 Å². The Morgan fingerprint density at radius 1 is 1.00 bits per heavy atom. The van der Waals surface area contributed by atoms with E-state index >= 15 is 0 Å². The fraction of sp³-hybridized carbons (Fsp3) is 0.316. The lowest BCUT2D eigenvalue weighted by molar-refractivity contribution is -0.137. The molecule has 0 aliphatic carbocycles. The Balaban J connectivity index is 1.55. The molecule has 1 saturated heterocycles. The van der Waals surface area contributed by atoms with Gasteiger partial charge in [-0.15, -0.1) is 0 Å². The van der Waals surface area contributed by atoms with Gasteiger partial charge in [-0.05, 0) is 24.3 Å². The molecule has 2 aromatic carbocycles. The molecule has 2 aromatic rings. The van der Waals surface area contributed by atoms with Crippen molar-refractivity contribution in [3.8, 4) is 0 Å². The van der Waals surface area contributed by atoms with Crippen molar-refractivity contribution >= 4 is 11.7 Å². The van der Waals surface area contributed by atoms with E-state index in [1.54, 1.807) is 0 Å². The van der Waals surface area contributed by atoms with Gasteiger partial charge in [0.05, 0.1) is 5.56 Å². The standard InChI is InChI=1S/C19H18F5N3O/c20-16-6-1-3-13(17(16)21)12-26-7-9-27(10-8-26)18(28)25-15-5-2-4-14(11-15)19(22,23)24/h1-6,11H,7-10,12H2,(H,25,28). The summed E-state index contributed by atoms with van der Waals surface area (Å²) >= 11 is 0. The number of anilines is 1. The summed E-state index contributed by atoms with van der Waals surface area (Å²) in [5.41, 5.74) is -0.543. The number of carbonyl (C=O) groups excluding carboxylic acids is 1. The van der Waals surface area contributed by atoms with E-state index in [1.165, 1.54) is 29.2 Å². The van der Waals surface area contributed by atoms with Crippen molar-refractivity contribution in [2.24, 2.45) is 0 Å². The van der Waals surface area contributed by atoms with E-state index in [-0.39, 0.29) is 17.8 Å². The van der Waals surface area contributed by atoms with Crippen LogP contribution in [0.1, 0.15) is 11.1 Å². The summed E-state index contributed by atoms with van der Waals surface area (Å²) in [4.78, 5) is 15.6. The number of amides is 2. The fourth-order valence-corrected chi connectivity index (χ4v) is 3.00. The van der Waals surface area contributed by atoms with Gasteiger partial charge in [0.15, 0.2) is 11.6 Å². The quantitative estimate of drug-likeness (QED) is 0.780. The van der Waals surface area contributed by atoms with Gasteiger partial charge in [0, 0.05) is 44.0 Å². The first-order chi connectivity index (χ1) is 13.2. The molecule has 9 heteroatoms. The normalized spacial score (nSPS) is 15.5. The second kappa shape index (κ2) is 8.14. The minimum Gasteiger partial charge on any atom is -0.322 e. The molecule has 0 bridgehead atoms. The molecule has 28 heavy (non-hydrogen) atoms. The van der Waals surface area contributed by atoms with Crippen molar-refractivity contribution in [1.82, 2.24) is 9.80 Å². The number of hydrogen-bond donors (Lipinski definition) is 1. The fourth-order valence-electron chi connectivity index (χ4n) is 3.00. The topological polar surface area (TPSA) is 35.6 Å². The number of carbonyl (C=O) groups is 1. The average molecular weight is 399 g/mol. The molecule has 0 radical (unpaired) electrons. The molecule has 0 aromatic heterocycles. The Kier molecular flexibility index (Phi) is 5.83. The molecule has 1 N–H and O–H groups in total. The SMILES string of the molecule is O=C(Nc1cccc(C(F)(F)F)c1)N1CCN(Cc2cccc(F)c2F)CC1. The van der Waals surface area contributed by atoms with E-state index in [4.69, 9.17) is 0 Å².